The molecule has 0 aliphatic carbocycles. The topological polar surface area (TPSA) is 66.8 Å². The average molecular weight is 279 g/mol. The number of rotatable bonds is 8. The summed E-state index contributed by atoms with van der Waals surface area (Å²) in [6.07, 6.45) is 2.07. The highest BCUT2D eigenvalue weighted by molar-refractivity contribution is 5.94. The minimum absolute atomic E-state index is 0.0543. The van der Waals surface area contributed by atoms with Gasteiger partial charge in [-0.05, 0) is 18.6 Å². The monoisotopic (exact) mass is 279 g/mol. The molecule has 0 heterocycles. The highest BCUT2D eigenvalue weighted by Gasteiger charge is 2.16. The molecule has 5 heteroatoms. The molecule has 110 valence electrons. The van der Waals surface area contributed by atoms with E-state index in [1.807, 2.05) is 6.92 Å². The van der Waals surface area contributed by atoms with Crippen LogP contribution in [-0.2, 0) is 9.59 Å². The van der Waals surface area contributed by atoms with Crippen molar-refractivity contribution >= 4 is 17.6 Å². The van der Waals surface area contributed by atoms with Gasteiger partial charge >= 0.3 is 5.97 Å². The van der Waals surface area contributed by atoms with Crippen molar-refractivity contribution < 1.29 is 19.4 Å². The molecule has 0 saturated heterocycles. The van der Waals surface area contributed by atoms with Crippen LogP contribution in [0.3, 0.4) is 0 Å². The summed E-state index contributed by atoms with van der Waals surface area (Å²) in [6.45, 7) is 2.19. The Morgan fingerprint density at radius 1 is 1.30 bits per heavy atom. The van der Waals surface area contributed by atoms with Gasteiger partial charge in [-0.25, -0.2) is 0 Å². The molecule has 0 fully saturated rings. The Labute approximate surface area is 119 Å². The lowest BCUT2D eigenvalue weighted by atomic mass is 10.2. The SMILES string of the molecule is CCCCC(=O)N(CCC(=O)O)c1cccc(OC)c1. The first-order valence-corrected chi connectivity index (χ1v) is 6.74. The minimum atomic E-state index is -0.916. The number of carboxylic acids is 1. The Balaban J connectivity index is 2.89. The Morgan fingerprint density at radius 3 is 2.65 bits per heavy atom. The van der Waals surface area contributed by atoms with E-state index >= 15 is 0 Å². The van der Waals surface area contributed by atoms with Crippen LogP contribution in [0.2, 0.25) is 0 Å². The lowest BCUT2D eigenvalue weighted by Gasteiger charge is -2.22. The molecular formula is C15H21NO4. The van der Waals surface area contributed by atoms with E-state index in [2.05, 4.69) is 0 Å². The fourth-order valence-electron chi connectivity index (χ4n) is 1.85. The van der Waals surface area contributed by atoms with Gasteiger partial charge in [0.2, 0.25) is 5.91 Å². The quantitative estimate of drug-likeness (QED) is 0.794. The zero-order valence-corrected chi connectivity index (χ0v) is 12.0. The summed E-state index contributed by atoms with van der Waals surface area (Å²) in [5.41, 5.74) is 0.673. The smallest absolute Gasteiger partial charge is 0.305 e. The molecule has 1 N–H and O–H groups in total. The van der Waals surface area contributed by atoms with E-state index in [1.54, 1.807) is 31.4 Å². The zero-order valence-electron chi connectivity index (χ0n) is 12.0. The number of amides is 1. The first kappa shape index (κ1) is 16.0. The fraction of sp³-hybridized carbons (Fsp3) is 0.467. The first-order chi connectivity index (χ1) is 9.58. The summed E-state index contributed by atoms with van der Waals surface area (Å²) in [7, 11) is 1.56. The van der Waals surface area contributed by atoms with Crippen LogP contribution in [0.4, 0.5) is 5.69 Å². The number of carboxylic acid groups (broad SMARTS) is 1. The molecule has 0 atom stereocenters. The predicted octanol–water partition coefficient (Wildman–Crippen LogP) is 2.69. The van der Waals surface area contributed by atoms with Gasteiger partial charge in [0, 0.05) is 24.7 Å². The van der Waals surface area contributed by atoms with E-state index < -0.39 is 5.97 Å². The summed E-state index contributed by atoms with van der Waals surface area (Å²) < 4.78 is 5.14. The van der Waals surface area contributed by atoms with Gasteiger partial charge < -0.3 is 14.7 Å². The van der Waals surface area contributed by atoms with Gasteiger partial charge in [-0.3, -0.25) is 9.59 Å². The zero-order chi connectivity index (χ0) is 15.0. The number of ether oxygens (including phenoxy) is 1. The van der Waals surface area contributed by atoms with E-state index in [-0.39, 0.29) is 18.9 Å². The largest absolute Gasteiger partial charge is 0.497 e. The summed E-state index contributed by atoms with van der Waals surface area (Å²) >= 11 is 0. The van der Waals surface area contributed by atoms with Crippen molar-refractivity contribution in [2.45, 2.75) is 32.6 Å². The van der Waals surface area contributed by atoms with Gasteiger partial charge in [-0.15, -0.1) is 0 Å². The number of carbonyl (C=O) groups is 2. The number of aliphatic carboxylic acids is 1. The van der Waals surface area contributed by atoms with Crippen LogP contribution in [0.5, 0.6) is 5.75 Å². The lowest BCUT2D eigenvalue weighted by Crippen LogP contribution is -2.32. The second-order valence-electron chi connectivity index (χ2n) is 4.49. The molecule has 5 nitrogen and oxygen atoms in total. The van der Waals surface area contributed by atoms with Crippen LogP contribution in [0, 0.1) is 0 Å². The van der Waals surface area contributed by atoms with E-state index in [9.17, 15) is 9.59 Å². The van der Waals surface area contributed by atoms with Crippen molar-refractivity contribution in [1.82, 2.24) is 0 Å². The number of nitrogens with zero attached hydrogens (tertiary/aromatic N) is 1. The molecule has 0 aromatic heterocycles. The molecule has 20 heavy (non-hydrogen) atoms. The van der Waals surface area contributed by atoms with Crippen molar-refractivity contribution in [3.05, 3.63) is 24.3 Å². The van der Waals surface area contributed by atoms with Crippen LogP contribution in [0.1, 0.15) is 32.6 Å². The molecule has 0 spiro atoms. The van der Waals surface area contributed by atoms with Gasteiger partial charge in [0.1, 0.15) is 5.75 Å². The highest BCUT2D eigenvalue weighted by Crippen LogP contribution is 2.22. The van der Waals surface area contributed by atoms with Crippen LogP contribution >= 0.6 is 0 Å². The van der Waals surface area contributed by atoms with Gasteiger partial charge in [0.15, 0.2) is 0 Å². The molecule has 0 unspecified atom stereocenters. The normalized spacial score (nSPS) is 10.1. The van der Waals surface area contributed by atoms with E-state index in [0.29, 0.717) is 17.9 Å². The summed E-state index contributed by atoms with van der Waals surface area (Å²) in [5.74, 6) is -0.325. The second-order valence-corrected chi connectivity index (χ2v) is 4.49. The standard InChI is InChI=1S/C15H21NO4/c1-3-4-8-14(17)16(10-9-15(18)19)12-6-5-7-13(11-12)20-2/h5-7,11H,3-4,8-10H2,1-2H3,(H,18,19). The summed E-state index contributed by atoms with van der Waals surface area (Å²) in [5, 5.41) is 8.81. The number of unbranched alkanes of at least 4 members (excludes halogenated alkanes) is 1. The third-order valence-electron chi connectivity index (χ3n) is 2.96. The molecule has 1 rings (SSSR count). The molecule has 0 aliphatic heterocycles. The fourth-order valence-corrected chi connectivity index (χ4v) is 1.85. The summed E-state index contributed by atoms with van der Waals surface area (Å²) in [4.78, 5) is 24.5. The molecule has 1 aromatic rings. The molecule has 1 amide bonds. The third-order valence-corrected chi connectivity index (χ3v) is 2.96. The lowest BCUT2D eigenvalue weighted by molar-refractivity contribution is -0.136. The maximum Gasteiger partial charge on any atom is 0.305 e. The molecule has 0 aliphatic rings. The maximum absolute atomic E-state index is 12.2. The van der Waals surface area contributed by atoms with Crippen molar-refractivity contribution in [3.63, 3.8) is 0 Å². The van der Waals surface area contributed by atoms with Crippen molar-refractivity contribution in [3.8, 4) is 5.75 Å². The average Bonchev–Trinajstić information content (AvgIpc) is 2.45. The Morgan fingerprint density at radius 2 is 2.05 bits per heavy atom. The Hall–Kier alpha value is -2.04. The van der Waals surface area contributed by atoms with Crippen LogP contribution in [-0.4, -0.2) is 30.6 Å². The minimum Gasteiger partial charge on any atom is -0.497 e. The molecule has 0 saturated carbocycles. The molecule has 0 bridgehead atoms. The van der Waals surface area contributed by atoms with Crippen molar-refractivity contribution in [2.75, 3.05) is 18.6 Å². The number of anilines is 1. The second kappa shape index (κ2) is 8.19. The van der Waals surface area contributed by atoms with E-state index in [1.165, 1.54) is 4.90 Å². The number of methoxy groups -OCH3 is 1. The van der Waals surface area contributed by atoms with Crippen LogP contribution in [0.15, 0.2) is 24.3 Å². The van der Waals surface area contributed by atoms with Gasteiger partial charge in [0.05, 0.1) is 13.5 Å². The number of carbonyl (C=O) groups excluding carboxylic acids is 1. The number of benzene rings is 1. The van der Waals surface area contributed by atoms with E-state index in [0.717, 1.165) is 12.8 Å². The van der Waals surface area contributed by atoms with Crippen molar-refractivity contribution in [2.24, 2.45) is 0 Å². The van der Waals surface area contributed by atoms with Gasteiger partial charge in [-0.1, -0.05) is 19.4 Å². The van der Waals surface area contributed by atoms with Gasteiger partial charge in [-0.2, -0.15) is 0 Å². The van der Waals surface area contributed by atoms with Crippen LogP contribution in [0.25, 0.3) is 0 Å². The predicted molar refractivity (Wildman–Crippen MR) is 77.1 cm³/mol. The molecular weight excluding hydrogens is 258 g/mol. The summed E-state index contributed by atoms with van der Waals surface area (Å²) in [6, 6.07) is 7.10. The van der Waals surface area contributed by atoms with Crippen LogP contribution < -0.4 is 9.64 Å². The third kappa shape index (κ3) is 4.91. The Bertz CT molecular complexity index is 459. The Kier molecular flexibility index (Phi) is 6.56. The maximum atomic E-state index is 12.2. The van der Waals surface area contributed by atoms with Gasteiger partial charge in [0.25, 0.3) is 0 Å². The molecule has 1 aromatic carbocycles. The van der Waals surface area contributed by atoms with Crippen molar-refractivity contribution in [1.29, 1.82) is 0 Å². The first-order valence-electron chi connectivity index (χ1n) is 6.74. The number of hydrogen-bond donors (Lipinski definition) is 1. The van der Waals surface area contributed by atoms with E-state index in [4.69, 9.17) is 9.84 Å². The highest BCUT2D eigenvalue weighted by atomic mass is 16.5. The molecule has 0 radical (unpaired) electrons. The number of hydrogen-bond acceptors (Lipinski definition) is 3.